The standard InChI is InChI=1S/C6H14Br2Ge/c1-5(2)9(7,8)6(3)4/h5-6H,1-4H3. The molecule has 9 heavy (non-hydrogen) atoms. The summed E-state index contributed by atoms with van der Waals surface area (Å²) < 4.78 is 1.62. The molecule has 0 radical (unpaired) electrons. The molecule has 3 heteroatoms. The van der Waals surface area contributed by atoms with Crippen molar-refractivity contribution in [3.05, 3.63) is 0 Å². The van der Waals surface area contributed by atoms with Crippen LogP contribution >= 0.6 is 28.0 Å². The van der Waals surface area contributed by atoms with Crippen molar-refractivity contribution in [3.63, 3.8) is 0 Å². The van der Waals surface area contributed by atoms with Crippen LogP contribution < -0.4 is 0 Å². The van der Waals surface area contributed by atoms with E-state index in [0.29, 0.717) is 0 Å². The average Bonchev–Trinajstić information content (AvgIpc) is 1.65. The van der Waals surface area contributed by atoms with Crippen LogP contribution in [0.3, 0.4) is 0 Å². The number of halogens is 2. The van der Waals surface area contributed by atoms with Crippen molar-refractivity contribution in [2.24, 2.45) is 0 Å². The van der Waals surface area contributed by atoms with Crippen LogP contribution in [0.15, 0.2) is 0 Å². The van der Waals surface area contributed by atoms with Gasteiger partial charge in [-0.1, -0.05) is 0 Å². The summed E-state index contributed by atoms with van der Waals surface area (Å²) in [4.78, 5) is 0. The topological polar surface area (TPSA) is 0 Å². The monoisotopic (exact) mass is 318 g/mol. The Kier molecular flexibility index (Phi) is 4.40. The first-order valence-corrected chi connectivity index (χ1v) is 15.5. The van der Waals surface area contributed by atoms with E-state index in [0.717, 1.165) is 9.50 Å². The second-order valence-corrected chi connectivity index (χ2v) is 29.8. The second-order valence-electron chi connectivity index (χ2n) is 2.98. The van der Waals surface area contributed by atoms with E-state index in [2.05, 4.69) is 55.7 Å². The quantitative estimate of drug-likeness (QED) is 0.674. The Morgan fingerprint density at radius 3 is 1.11 bits per heavy atom. The van der Waals surface area contributed by atoms with Crippen LogP contribution in [-0.2, 0) is 0 Å². The van der Waals surface area contributed by atoms with Crippen LogP contribution in [0.1, 0.15) is 27.7 Å². The molecule has 56 valence electrons. The molecule has 0 aliphatic carbocycles. The molecule has 0 spiro atoms. The Labute approximate surface area is 74.4 Å². The summed E-state index contributed by atoms with van der Waals surface area (Å²) in [5.74, 6) is 0. The Balaban J connectivity index is 4.01. The molecule has 0 saturated heterocycles. The molecule has 0 unspecified atom stereocenters. The van der Waals surface area contributed by atoms with Gasteiger partial charge in [0.15, 0.2) is 0 Å². The molecule has 0 saturated carbocycles. The first-order chi connectivity index (χ1) is 3.89. The van der Waals surface area contributed by atoms with E-state index in [4.69, 9.17) is 0 Å². The maximum absolute atomic E-state index is 3.81. The summed E-state index contributed by atoms with van der Waals surface area (Å²) in [6.07, 6.45) is 0. The summed E-state index contributed by atoms with van der Waals surface area (Å²) in [5.41, 5.74) is 0. The predicted octanol–water partition coefficient (Wildman–Crippen LogP) is 4.04. The molecule has 0 aromatic heterocycles. The van der Waals surface area contributed by atoms with Crippen molar-refractivity contribution in [1.29, 1.82) is 0 Å². The minimum atomic E-state index is -1.71. The molecule has 0 fully saturated rings. The molecule has 0 heterocycles. The van der Waals surface area contributed by atoms with Gasteiger partial charge >= 0.3 is 74.8 Å². The number of hydrogen-bond acceptors (Lipinski definition) is 0. The Morgan fingerprint density at radius 2 is 1.11 bits per heavy atom. The Bertz CT molecular complexity index is 79.1. The van der Waals surface area contributed by atoms with Crippen LogP contribution in [0, 0.1) is 0 Å². The third-order valence-electron chi connectivity index (χ3n) is 1.54. The van der Waals surface area contributed by atoms with Gasteiger partial charge in [0.2, 0.25) is 0 Å². The van der Waals surface area contributed by atoms with Crippen LogP contribution in [0.2, 0.25) is 9.50 Å². The van der Waals surface area contributed by atoms with Gasteiger partial charge in [-0.3, -0.25) is 0 Å². The molecule has 0 rings (SSSR count). The van der Waals surface area contributed by atoms with E-state index in [1.54, 1.807) is 0 Å². The summed E-state index contributed by atoms with van der Waals surface area (Å²) in [6.45, 7) is 9.12. The molecule has 0 aliphatic rings. The van der Waals surface area contributed by atoms with E-state index in [9.17, 15) is 0 Å². The third kappa shape index (κ3) is 2.93. The van der Waals surface area contributed by atoms with Crippen LogP contribution in [0.5, 0.6) is 0 Å². The van der Waals surface area contributed by atoms with Crippen molar-refractivity contribution in [1.82, 2.24) is 0 Å². The molecule has 0 amide bonds. The molecule has 0 aromatic rings. The van der Waals surface area contributed by atoms with Gasteiger partial charge in [-0.25, -0.2) is 0 Å². The molecule has 0 aliphatic heterocycles. The fraction of sp³-hybridized carbons (Fsp3) is 1.00. The number of hydrogen-bond donors (Lipinski definition) is 0. The van der Waals surface area contributed by atoms with E-state index < -0.39 is 9.58 Å². The van der Waals surface area contributed by atoms with Crippen LogP contribution in [0.25, 0.3) is 0 Å². The predicted molar refractivity (Wildman–Crippen MR) is 53.8 cm³/mol. The molecule has 0 aromatic carbocycles. The van der Waals surface area contributed by atoms with Crippen molar-refractivity contribution in [3.8, 4) is 0 Å². The van der Waals surface area contributed by atoms with Gasteiger partial charge in [0, 0.05) is 0 Å². The van der Waals surface area contributed by atoms with Gasteiger partial charge in [0.25, 0.3) is 0 Å². The Hall–Kier alpha value is 1.50. The Morgan fingerprint density at radius 1 is 0.889 bits per heavy atom. The van der Waals surface area contributed by atoms with Crippen LogP contribution in [0.4, 0.5) is 0 Å². The zero-order chi connectivity index (χ0) is 7.65. The summed E-state index contributed by atoms with van der Waals surface area (Å²) in [7, 11) is -1.71. The van der Waals surface area contributed by atoms with Gasteiger partial charge in [-0.2, -0.15) is 0 Å². The molecule has 0 bridgehead atoms. The van der Waals surface area contributed by atoms with Crippen LogP contribution in [-0.4, -0.2) is 9.58 Å². The zero-order valence-electron chi connectivity index (χ0n) is 6.41. The van der Waals surface area contributed by atoms with Crippen molar-refractivity contribution >= 4 is 37.6 Å². The summed E-state index contributed by atoms with van der Waals surface area (Å²) >= 11 is 7.63. The average molecular weight is 319 g/mol. The second kappa shape index (κ2) is 3.77. The molecule has 0 N–H and O–H groups in total. The van der Waals surface area contributed by atoms with E-state index in [-0.39, 0.29) is 0 Å². The van der Waals surface area contributed by atoms with Gasteiger partial charge in [-0.15, -0.1) is 0 Å². The fourth-order valence-corrected chi connectivity index (χ4v) is 3.46. The van der Waals surface area contributed by atoms with Gasteiger partial charge in [0.05, 0.1) is 0 Å². The molecule has 0 nitrogen and oxygen atoms in total. The fourth-order valence-electron chi connectivity index (χ4n) is 0.667. The third-order valence-corrected chi connectivity index (χ3v) is 27.0. The minimum absolute atomic E-state index is 0.810. The molecular weight excluding hydrogens is 304 g/mol. The first-order valence-electron chi connectivity index (χ1n) is 3.26. The normalized spacial score (nSPS) is 13.3. The SMILES string of the molecule is C[CH](C)[Ge]([Br])([Br])[CH](C)C. The zero-order valence-corrected chi connectivity index (χ0v) is 11.7. The first kappa shape index (κ1) is 10.5. The summed E-state index contributed by atoms with van der Waals surface area (Å²) in [5, 5.41) is 0. The van der Waals surface area contributed by atoms with Gasteiger partial charge < -0.3 is 0 Å². The molecule has 0 atom stereocenters. The van der Waals surface area contributed by atoms with Crippen molar-refractivity contribution < 1.29 is 0 Å². The van der Waals surface area contributed by atoms with Crippen molar-refractivity contribution in [2.45, 2.75) is 37.2 Å². The van der Waals surface area contributed by atoms with E-state index in [1.807, 2.05) is 0 Å². The van der Waals surface area contributed by atoms with Crippen molar-refractivity contribution in [2.75, 3.05) is 0 Å². The number of rotatable bonds is 2. The maximum atomic E-state index is 3.81. The molecular formula is C6H14Br2Ge. The van der Waals surface area contributed by atoms with E-state index in [1.165, 1.54) is 0 Å². The summed E-state index contributed by atoms with van der Waals surface area (Å²) in [6, 6.07) is 0. The van der Waals surface area contributed by atoms with Gasteiger partial charge in [0.1, 0.15) is 0 Å². The van der Waals surface area contributed by atoms with Gasteiger partial charge in [-0.05, 0) is 0 Å². The van der Waals surface area contributed by atoms with E-state index >= 15 is 0 Å².